The third kappa shape index (κ3) is 5.59. The molecule has 3 N–H and O–H groups in total. The van der Waals surface area contributed by atoms with Gasteiger partial charge in [-0.2, -0.15) is 13.2 Å². The topological polar surface area (TPSA) is 124 Å². The number of hydrogen-bond acceptors (Lipinski definition) is 7. The molecule has 2 amide bonds. The summed E-state index contributed by atoms with van der Waals surface area (Å²) in [6.07, 6.45) is -4.68. The van der Waals surface area contributed by atoms with E-state index in [1.807, 2.05) is 0 Å². The Kier molecular flexibility index (Phi) is 7.78. The van der Waals surface area contributed by atoms with Crippen molar-refractivity contribution in [1.29, 1.82) is 0 Å². The van der Waals surface area contributed by atoms with Crippen molar-refractivity contribution in [3.05, 3.63) is 77.1 Å². The Hall–Kier alpha value is -4.52. The molecule has 0 bridgehead atoms. The maximum atomic E-state index is 13.5. The Morgan fingerprint density at radius 2 is 1.73 bits per heavy atom. The molecule has 0 unspecified atom stereocenters. The van der Waals surface area contributed by atoms with Gasteiger partial charge < -0.3 is 25.1 Å². The molecule has 2 heterocycles. The number of benzene rings is 2. The molecule has 40 heavy (non-hydrogen) atoms. The number of nitrogens with zero attached hydrogens (tertiary/aromatic N) is 3. The van der Waals surface area contributed by atoms with Gasteiger partial charge in [0.05, 0.1) is 13.2 Å². The Bertz CT molecular complexity index is 1570. The summed E-state index contributed by atoms with van der Waals surface area (Å²) in [7, 11) is 4.30. The van der Waals surface area contributed by atoms with E-state index in [2.05, 4.69) is 15.3 Å². The Labute approximate surface area is 225 Å². The van der Waals surface area contributed by atoms with Gasteiger partial charge in [0.25, 0.3) is 5.91 Å². The highest BCUT2D eigenvalue weighted by Crippen LogP contribution is 2.37. The van der Waals surface area contributed by atoms with Gasteiger partial charge in [0, 0.05) is 25.0 Å². The first-order valence-corrected chi connectivity index (χ1v) is 11.9. The molecule has 2 aromatic carbocycles. The minimum Gasteiger partial charge on any atom is -0.494 e. The molecule has 0 aliphatic heterocycles. The molecular weight excluding hydrogens is 534 g/mol. The van der Waals surface area contributed by atoms with E-state index in [0.29, 0.717) is 5.56 Å². The molecule has 0 aliphatic carbocycles. The minimum absolute atomic E-state index is 0.0218. The van der Waals surface area contributed by atoms with Crippen LogP contribution in [-0.4, -0.2) is 47.9 Å². The van der Waals surface area contributed by atoms with Gasteiger partial charge in [0.15, 0.2) is 11.5 Å². The fraction of sp³-hybridized carbons (Fsp3) is 0.259. The van der Waals surface area contributed by atoms with Crippen LogP contribution in [0.15, 0.2) is 52.9 Å². The zero-order valence-corrected chi connectivity index (χ0v) is 21.8. The molecule has 13 heteroatoms. The number of rotatable bonds is 7. The fourth-order valence-electron chi connectivity index (χ4n) is 4.02. The highest BCUT2D eigenvalue weighted by molar-refractivity contribution is 5.99. The largest absolute Gasteiger partial charge is 0.494 e. The molecule has 0 fully saturated rings. The molecule has 0 radical (unpaired) electrons. The molecule has 4 rings (SSSR count). The lowest BCUT2D eigenvalue weighted by molar-refractivity contribution is -0.141. The zero-order valence-electron chi connectivity index (χ0n) is 21.8. The van der Waals surface area contributed by atoms with Crippen molar-refractivity contribution < 1.29 is 36.3 Å². The molecule has 2 atom stereocenters. The number of amides is 2. The fourth-order valence-corrected chi connectivity index (χ4v) is 4.02. The molecule has 2 aromatic heterocycles. The predicted molar refractivity (Wildman–Crippen MR) is 137 cm³/mol. The van der Waals surface area contributed by atoms with E-state index in [9.17, 15) is 27.2 Å². The number of aromatic nitrogens is 2. The summed E-state index contributed by atoms with van der Waals surface area (Å²) in [5, 5.41) is 2.83. The summed E-state index contributed by atoms with van der Waals surface area (Å²) in [6, 6.07) is 7.98. The highest BCUT2D eigenvalue weighted by Gasteiger charge is 2.34. The van der Waals surface area contributed by atoms with Crippen LogP contribution < -0.4 is 15.8 Å². The number of carbonyl (C=O) groups is 2. The van der Waals surface area contributed by atoms with Gasteiger partial charge >= 0.3 is 6.18 Å². The molecule has 210 valence electrons. The SMILES string of the molecule is COc1ccc(-c2nc(C(=O)N[C@H](C(=O)N(C)C)c3ccc(F)cc3)c([C@H](C)N)o2)c2ccc(C(F)(F)F)nc12. The summed E-state index contributed by atoms with van der Waals surface area (Å²) >= 11 is 0. The van der Waals surface area contributed by atoms with E-state index in [1.165, 1.54) is 56.4 Å². The number of pyridine rings is 1. The van der Waals surface area contributed by atoms with Crippen LogP contribution in [0.25, 0.3) is 22.4 Å². The number of fused-ring (bicyclic) bond motifs is 1. The summed E-state index contributed by atoms with van der Waals surface area (Å²) in [6.45, 7) is 1.55. The highest BCUT2D eigenvalue weighted by atomic mass is 19.4. The predicted octanol–water partition coefficient (Wildman–Crippen LogP) is 4.64. The lowest BCUT2D eigenvalue weighted by Crippen LogP contribution is -2.40. The van der Waals surface area contributed by atoms with Crippen molar-refractivity contribution in [1.82, 2.24) is 20.2 Å². The van der Waals surface area contributed by atoms with Crippen molar-refractivity contribution in [2.75, 3.05) is 21.2 Å². The smallest absolute Gasteiger partial charge is 0.433 e. The molecule has 0 saturated heterocycles. The van der Waals surface area contributed by atoms with Gasteiger partial charge in [-0.3, -0.25) is 9.59 Å². The van der Waals surface area contributed by atoms with Crippen molar-refractivity contribution in [2.24, 2.45) is 5.73 Å². The van der Waals surface area contributed by atoms with Crippen molar-refractivity contribution in [3.8, 4) is 17.2 Å². The van der Waals surface area contributed by atoms with Gasteiger partial charge in [-0.1, -0.05) is 12.1 Å². The number of likely N-dealkylation sites (N-methyl/N-ethyl adjacent to an activating group) is 1. The normalized spacial score (nSPS) is 13.1. The minimum atomic E-state index is -4.68. The number of oxazole rings is 1. The number of ether oxygens (including phenoxy) is 1. The molecule has 0 saturated carbocycles. The lowest BCUT2D eigenvalue weighted by Gasteiger charge is -2.22. The number of nitrogens with one attached hydrogen (secondary N) is 1. The third-order valence-corrected chi connectivity index (χ3v) is 6.01. The first kappa shape index (κ1) is 28.5. The van der Waals surface area contributed by atoms with Gasteiger partial charge in [0.1, 0.15) is 28.8 Å². The second-order valence-electron chi connectivity index (χ2n) is 9.12. The van der Waals surface area contributed by atoms with E-state index in [0.717, 1.165) is 18.2 Å². The lowest BCUT2D eigenvalue weighted by atomic mass is 10.0. The second kappa shape index (κ2) is 10.9. The van der Waals surface area contributed by atoms with Gasteiger partial charge in [-0.15, -0.1) is 0 Å². The quantitative estimate of drug-likeness (QED) is 0.316. The maximum Gasteiger partial charge on any atom is 0.433 e. The number of carbonyl (C=O) groups excluding carboxylic acids is 2. The number of nitrogens with two attached hydrogens (primary N) is 1. The standard InChI is InChI=1S/C27H25F4N5O4/c1-13(32)23-22(24(37)34-20(26(38)36(2)3)14-5-7-15(28)8-6-14)35-25(40-23)17-9-11-18(39-4)21-16(17)10-12-19(33-21)27(29,30)31/h5-13,20H,32H2,1-4H3,(H,34,37)/t13-,20-/m0/s1. The summed E-state index contributed by atoms with van der Waals surface area (Å²) in [5.74, 6) is -1.85. The molecule has 9 nitrogen and oxygen atoms in total. The van der Waals surface area contributed by atoms with Crippen LogP contribution in [0.5, 0.6) is 5.75 Å². The molecule has 0 spiro atoms. The average Bonchev–Trinajstić information content (AvgIpc) is 3.36. The average molecular weight is 560 g/mol. The van der Waals surface area contributed by atoms with Crippen molar-refractivity contribution >= 4 is 22.7 Å². The van der Waals surface area contributed by atoms with E-state index in [-0.39, 0.29) is 39.6 Å². The van der Waals surface area contributed by atoms with Gasteiger partial charge in [0.2, 0.25) is 11.8 Å². The number of halogens is 4. The second-order valence-corrected chi connectivity index (χ2v) is 9.12. The first-order valence-electron chi connectivity index (χ1n) is 11.9. The maximum absolute atomic E-state index is 13.5. The number of alkyl halides is 3. The number of hydrogen-bond donors (Lipinski definition) is 2. The van der Waals surface area contributed by atoms with E-state index < -0.39 is 41.6 Å². The summed E-state index contributed by atoms with van der Waals surface area (Å²) in [4.78, 5) is 35.6. The Morgan fingerprint density at radius 3 is 2.30 bits per heavy atom. The number of methoxy groups -OCH3 is 1. The van der Waals surface area contributed by atoms with Crippen LogP contribution in [0.4, 0.5) is 17.6 Å². The van der Waals surface area contributed by atoms with Gasteiger partial charge in [-0.25, -0.2) is 14.4 Å². The van der Waals surface area contributed by atoms with Crippen molar-refractivity contribution in [2.45, 2.75) is 25.2 Å². The van der Waals surface area contributed by atoms with Crippen LogP contribution in [-0.2, 0) is 11.0 Å². The molecule has 0 aliphatic rings. The van der Waals surface area contributed by atoms with Crippen LogP contribution in [0.3, 0.4) is 0 Å². The Balaban J connectivity index is 1.79. The monoisotopic (exact) mass is 559 g/mol. The van der Waals surface area contributed by atoms with E-state index >= 15 is 0 Å². The van der Waals surface area contributed by atoms with Crippen LogP contribution in [0.1, 0.15) is 46.5 Å². The zero-order chi connectivity index (χ0) is 29.4. The van der Waals surface area contributed by atoms with Crippen LogP contribution in [0.2, 0.25) is 0 Å². The summed E-state index contributed by atoms with van der Waals surface area (Å²) < 4.78 is 64.5. The van der Waals surface area contributed by atoms with E-state index in [1.54, 1.807) is 6.92 Å². The van der Waals surface area contributed by atoms with Crippen LogP contribution in [0, 0.1) is 5.82 Å². The third-order valence-electron chi connectivity index (χ3n) is 6.01. The Morgan fingerprint density at radius 1 is 1.05 bits per heavy atom. The molecule has 4 aromatic rings. The van der Waals surface area contributed by atoms with Crippen molar-refractivity contribution in [3.63, 3.8) is 0 Å². The van der Waals surface area contributed by atoms with Gasteiger partial charge in [-0.05, 0) is 48.9 Å². The first-order chi connectivity index (χ1) is 18.8. The summed E-state index contributed by atoms with van der Waals surface area (Å²) in [5.41, 5.74) is 5.18. The van der Waals surface area contributed by atoms with Crippen LogP contribution >= 0.6 is 0 Å². The van der Waals surface area contributed by atoms with E-state index in [4.69, 9.17) is 14.9 Å². The molecular formula is C27H25F4N5O4.